The molecule has 0 radical (unpaired) electrons. The van der Waals surface area contributed by atoms with Gasteiger partial charge in [-0.2, -0.15) is 0 Å². The van der Waals surface area contributed by atoms with Crippen LogP contribution in [0.25, 0.3) is 10.9 Å². The molecule has 1 atom stereocenters. The molecule has 3 rings (SSSR count). The number of pyridine rings is 1. The minimum absolute atomic E-state index is 0.366. The molecular formula is C17H18N2S. The fourth-order valence-electron chi connectivity index (χ4n) is 2.62. The lowest BCUT2D eigenvalue weighted by Crippen LogP contribution is -2.17. The molecule has 0 bridgehead atoms. The number of benzene rings is 1. The van der Waals surface area contributed by atoms with Crippen LogP contribution >= 0.6 is 11.3 Å². The van der Waals surface area contributed by atoms with Crippen molar-refractivity contribution >= 4 is 22.2 Å². The third kappa shape index (κ3) is 2.74. The van der Waals surface area contributed by atoms with Crippen LogP contribution in [0.3, 0.4) is 0 Å². The number of fused-ring (bicyclic) bond motifs is 1. The first kappa shape index (κ1) is 13.3. The summed E-state index contributed by atoms with van der Waals surface area (Å²) in [7, 11) is 2.04. The molecule has 0 saturated heterocycles. The van der Waals surface area contributed by atoms with Gasteiger partial charge in [-0.3, -0.25) is 4.98 Å². The molecule has 0 fully saturated rings. The first-order valence-electron chi connectivity index (χ1n) is 6.92. The van der Waals surface area contributed by atoms with E-state index >= 15 is 0 Å². The largest absolute Gasteiger partial charge is 0.313 e. The summed E-state index contributed by atoms with van der Waals surface area (Å²) in [5.41, 5.74) is 2.41. The van der Waals surface area contributed by atoms with Gasteiger partial charge in [-0.05, 0) is 49.0 Å². The van der Waals surface area contributed by atoms with E-state index in [0.29, 0.717) is 6.04 Å². The minimum atomic E-state index is 0.366. The van der Waals surface area contributed by atoms with Gasteiger partial charge in [0.2, 0.25) is 0 Å². The van der Waals surface area contributed by atoms with E-state index in [9.17, 15) is 0 Å². The highest BCUT2D eigenvalue weighted by Crippen LogP contribution is 2.26. The van der Waals surface area contributed by atoms with Crippen LogP contribution in [0.2, 0.25) is 0 Å². The highest BCUT2D eigenvalue weighted by Gasteiger charge is 2.13. The van der Waals surface area contributed by atoms with Crippen LogP contribution in [-0.4, -0.2) is 12.0 Å². The van der Waals surface area contributed by atoms with Crippen LogP contribution in [-0.2, 0) is 6.42 Å². The molecule has 0 aliphatic carbocycles. The summed E-state index contributed by atoms with van der Waals surface area (Å²) in [5.74, 6) is 0. The van der Waals surface area contributed by atoms with Gasteiger partial charge in [-0.15, -0.1) is 11.3 Å². The Morgan fingerprint density at radius 3 is 2.85 bits per heavy atom. The lowest BCUT2D eigenvalue weighted by Gasteiger charge is -2.18. The van der Waals surface area contributed by atoms with Gasteiger partial charge >= 0.3 is 0 Å². The normalized spacial score (nSPS) is 12.7. The minimum Gasteiger partial charge on any atom is -0.313 e. The summed E-state index contributed by atoms with van der Waals surface area (Å²) in [4.78, 5) is 5.89. The molecule has 2 aromatic heterocycles. The van der Waals surface area contributed by atoms with Crippen molar-refractivity contribution in [3.8, 4) is 0 Å². The molecule has 102 valence electrons. The number of thiophene rings is 1. The number of aromatic nitrogens is 1. The van der Waals surface area contributed by atoms with Crippen LogP contribution in [0, 0.1) is 0 Å². The van der Waals surface area contributed by atoms with E-state index in [1.165, 1.54) is 15.8 Å². The topological polar surface area (TPSA) is 24.9 Å². The second-order valence-corrected chi connectivity index (χ2v) is 5.91. The Morgan fingerprint density at radius 2 is 2.05 bits per heavy atom. The molecule has 20 heavy (non-hydrogen) atoms. The van der Waals surface area contributed by atoms with Crippen molar-refractivity contribution in [3.05, 3.63) is 64.5 Å². The molecule has 1 unspecified atom stereocenters. The second-order valence-electron chi connectivity index (χ2n) is 4.88. The van der Waals surface area contributed by atoms with E-state index in [1.54, 1.807) is 0 Å². The molecule has 0 amide bonds. The molecule has 2 heterocycles. The van der Waals surface area contributed by atoms with Gasteiger partial charge in [-0.1, -0.05) is 24.3 Å². The molecule has 0 spiro atoms. The number of aryl methyl sites for hydroxylation is 1. The molecule has 1 aromatic carbocycles. The van der Waals surface area contributed by atoms with Crippen LogP contribution in [0.5, 0.6) is 0 Å². The van der Waals surface area contributed by atoms with Crippen molar-refractivity contribution in [3.63, 3.8) is 0 Å². The van der Waals surface area contributed by atoms with Crippen LogP contribution < -0.4 is 5.32 Å². The molecule has 0 saturated carbocycles. The quantitative estimate of drug-likeness (QED) is 0.759. The Kier molecular flexibility index (Phi) is 4.09. The van der Waals surface area contributed by atoms with Crippen LogP contribution in [0.4, 0.5) is 0 Å². The zero-order chi connectivity index (χ0) is 13.8. The average Bonchev–Trinajstić information content (AvgIpc) is 3.01. The number of hydrogen-bond acceptors (Lipinski definition) is 3. The third-order valence-corrected chi connectivity index (χ3v) is 4.60. The molecule has 0 aliphatic heterocycles. The number of nitrogens with one attached hydrogen (secondary N) is 1. The van der Waals surface area contributed by atoms with E-state index in [0.717, 1.165) is 18.4 Å². The zero-order valence-electron chi connectivity index (χ0n) is 11.5. The number of para-hydroxylation sites is 1. The molecular weight excluding hydrogens is 264 g/mol. The first-order valence-corrected chi connectivity index (χ1v) is 7.80. The Morgan fingerprint density at radius 1 is 1.15 bits per heavy atom. The SMILES string of the molecule is CNC(CCc1cccs1)c1ccnc2ccccc12. The molecule has 3 heteroatoms. The standard InChI is InChI=1S/C17H18N2S/c1-18-16(9-8-13-5-4-12-20-13)15-10-11-19-17-7-3-2-6-14(15)17/h2-7,10-12,16,18H,8-9H2,1H3. The van der Waals surface area contributed by atoms with Crippen LogP contribution in [0.15, 0.2) is 54.0 Å². The van der Waals surface area contributed by atoms with Gasteiger partial charge < -0.3 is 5.32 Å². The Balaban J connectivity index is 1.87. The van der Waals surface area contributed by atoms with E-state index < -0.39 is 0 Å². The van der Waals surface area contributed by atoms with E-state index in [4.69, 9.17) is 0 Å². The summed E-state index contributed by atoms with van der Waals surface area (Å²) in [6.45, 7) is 0. The van der Waals surface area contributed by atoms with Gasteiger partial charge in [-0.25, -0.2) is 0 Å². The lowest BCUT2D eigenvalue weighted by molar-refractivity contribution is 0.554. The fourth-order valence-corrected chi connectivity index (χ4v) is 3.34. The van der Waals surface area contributed by atoms with Crippen molar-refractivity contribution in [2.75, 3.05) is 7.05 Å². The Labute approximate surface area is 123 Å². The van der Waals surface area contributed by atoms with Crippen molar-refractivity contribution in [2.24, 2.45) is 0 Å². The van der Waals surface area contributed by atoms with E-state index in [1.807, 2.05) is 30.6 Å². The molecule has 1 N–H and O–H groups in total. The predicted molar refractivity (Wildman–Crippen MR) is 86.2 cm³/mol. The fraction of sp³-hybridized carbons (Fsp3) is 0.235. The van der Waals surface area contributed by atoms with E-state index in [2.05, 4.69) is 52.1 Å². The summed E-state index contributed by atoms with van der Waals surface area (Å²) >= 11 is 1.83. The van der Waals surface area contributed by atoms with Gasteiger partial charge in [0.15, 0.2) is 0 Å². The monoisotopic (exact) mass is 282 g/mol. The number of nitrogens with zero attached hydrogens (tertiary/aromatic N) is 1. The van der Waals surface area contributed by atoms with Gasteiger partial charge in [0.1, 0.15) is 0 Å². The Hall–Kier alpha value is -1.71. The lowest BCUT2D eigenvalue weighted by atomic mass is 9.98. The van der Waals surface area contributed by atoms with Crippen molar-refractivity contribution in [1.29, 1.82) is 0 Å². The van der Waals surface area contributed by atoms with Gasteiger partial charge in [0.25, 0.3) is 0 Å². The maximum absolute atomic E-state index is 4.44. The van der Waals surface area contributed by atoms with Gasteiger partial charge in [0.05, 0.1) is 5.52 Å². The summed E-state index contributed by atoms with van der Waals surface area (Å²) < 4.78 is 0. The number of hydrogen-bond donors (Lipinski definition) is 1. The number of rotatable bonds is 5. The van der Waals surface area contributed by atoms with E-state index in [-0.39, 0.29) is 0 Å². The zero-order valence-corrected chi connectivity index (χ0v) is 12.4. The smallest absolute Gasteiger partial charge is 0.0705 e. The van der Waals surface area contributed by atoms with Crippen molar-refractivity contribution < 1.29 is 0 Å². The highest BCUT2D eigenvalue weighted by atomic mass is 32.1. The molecule has 0 aliphatic rings. The molecule has 2 nitrogen and oxygen atoms in total. The summed E-state index contributed by atoms with van der Waals surface area (Å²) in [6, 6.07) is 15.2. The predicted octanol–water partition coefficient (Wildman–Crippen LogP) is 4.19. The van der Waals surface area contributed by atoms with Gasteiger partial charge in [0, 0.05) is 22.5 Å². The molecule has 3 aromatic rings. The first-order chi connectivity index (χ1) is 9.88. The maximum atomic E-state index is 4.44. The summed E-state index contributed by atoms with van der Waals surface area (Å²) in [5, 5.41) is 6.84. The third-order valence-electron chi connectivity index (χ3n) is 3.67. The summed E-state index contributed by atoms with van der Waals surface area (Å²) in [6.07, 6.45) is 4.12. The van der Waals surface area contributed by atoms with Crippen LogP contribution in [0.1, 0.15) is 22.9 Å². The maximum Gasteiger partial charge on any atom is 0.0705 e. The van der Waals surface area contributed by atoms with Crippen molar-refractivity contribution in [2.45, 2.75) is 18.9 Å². The highest BCUT2D eigenvalue weighted by molar-refractivity contribution is 7.09. The average molecular weight is 282 g/mol. The van der Waals surface area contributed by atoms with Crippen molar-refractivity contribution in [1.82, 2.24) is 10.3 Å². The Bertz CT molecular complexity index is 671. The second kappa shape index (κ2) is 6.16.